The number of aromatic carboxylic acids is 1. The van der Waals surface area contributed by atoms with Crippen molar-refractivity contribution < 1.29 is 9.90 Å². The van der Waals surface area contributed by atoms with E-state index in [1.165, 1.54) is 4.68 Å². The number of carboxylic acids is 1. The Bertz CT molecular complexity index is 797. The minimum Gasteiger partial charge on any atom is -0.478 e. The lowest BCUT2D eigenvalue weighted by molar-refractivity contribution is 0.0697. The predicted octanol–water partition coefficient (Wildman–Crippen LogP) is 3.89. The van der Waals surface area contributed by atoms with Crippen LogP contribution in [0.4, 0.5) is 0 Å². The molecule has 0 fully saturated rings. The summed E-state index contributed by atoms with van der Waals surface area (Å²) in [4.78, 5) is 11.4. The van der Waals surface area contributed by atoms with E-state index >= 15 is 0 Å². The molecule has 0 unspecified atom stereocenters. The van der Waals surface area contributed by atoms with Crippen molar-refractivity contribution in [3.05, 3.63) is 71.5 Å². The fraction of sp³-hybridized carbons (Fsp3) is 0. The molecule has 0 spiro atoms. The van der Waals surface area contributed by atoms with Gasteiger partial charge in [0.2, 0.25) is 0 Å². The van der Waals surface area contributed by atoms with E-state index in [-0.39, 0.29) is 10.6 Å². The maximum Gasteiger partial charge on any atom is 0.339 e. The number of hydrogen-bond donors (Lipinski definition) is 1. The van der Waals surface area contributed by atoms with Crippen LogP contribution in [0, 0.1) is 0 Å². The number of hydrogen-bond acceptors (Lipinski definition) is 2. The van der Waals surface area contributed by atoms with E-state index in [0.717, 1.165) is 11.1 Å². The molecular weight excluding hydrogens is 288 g/mol. The van der Waals surface area contributed by atoms with Gasteiger partial charge in [-0.15, -0.1) is 0 Å². The van der Waals surface area contributed by atoms with E-state index in [2.05, 4.69) is 5.10 Å². The molecule has 0 aliphatic carbocycles. The quantitative estimate of drug-likeness (QED) is 0.798. The van der Waals surface area contributed by atoms with Crippen LogP contribution in [0.3, 0.4) is 0 Å². The van der Waals surface area contributed by atoms with Gasteiger partial charge in [-0.2, -0.15) is 5.10 Å². The Morgan fingerprint density at radius 2 is 1.81 bits per heavy atom. The fourth-order valence-corrected chi connectivity index (χ4v) is 2.40. The van der Waals surface area contributed by atoms with Crippen LogP contribution in [-0.4, -0.2) is 20.9 Å². The van der Waals surface area contributed by atoms with Crippen molar-refractivity contribution in [2.75, 3.05) is 0 Å². The van der Waals surface area contributed by atoms with Crippen molar-refractivity contribution in [2.45, 2.75) is 0 Å². The first kappa shape index (κ1) is 13.4. The average Bonchev–Trinajstić information content (AvgIpc) is 2.97. The summed E-state index contributed by atoms with van der Waals surface area (Å²) >= 11 is 5.98. The van der Waals surface area contributed by atoms with Gasteiger partial charge in [-0.3, -0.25) is 0 Å². The molecule has 3 rings (SSSR count). The second kappa shape index (κ2) is 5.42. The minimum absolute atomic E-state index is 0.0434. The average molecular weight is 299 g/mol. The van der Waals surface area contributed by atoms with E-state index in [1.54, 1.807) is 30.6 Å². The molecule has 4 nitrogen and oxygen atoms in total. The Kier molecular flexibility index (Phi) is 3.46. The number of carbonyl (C=O) groups is 1. The molecule has 21 heavy (non-hydrogen) atoms. The minimum atomic E-state index is -1.08. The predicted molar refractivity (Wildman–Crippen MR) is 81.0 cm³/mol. The van der Waals surface area contributed by atoms with Gasteiger partial charge in [-0.05, 0) is 17.7 Å². The van der Waals surface area contributed by atoms with Crippen molar-refractivity contribution in [1.29, 1.82) is 0 Å². The van der Waals surface area contributed by atoms with Crippen molar-refractivity contribution in [3.8, 4) is 16.8 Å². The van der Waals surface area contributed by atoms with Crippen LogP contribution in [0.1, 0.15) is 10.4 Å². The summed E-state index contributed by atoms with van der Waals surface area (Å²) in [6, 6.07) is 14.7. The Morgan fingerprint density at radius 1 is 1.05 bits per heavy atom. The molecule has 0 saturated heterocycles. The maximum atomic E-state index is 11.4. The summed E-state index contributed by atoms with van der Waals surface area (Å²) in [5.74, 6) is -1.08. The first-order valence-electron chi connectivity index (χ1n) is 6.29. The SMILES string of the molecule is O=C(O)c1c(Cl)cccc1-n1cc(-c2ccccc2)cn1. The third-order valence-corrected chi connectivity index (χ3v) is 3.46. The topological polar surface area (TPSA) is 55.1 Å². The van der Waals surface area contributed by atoms with Crippen LogP contribution in [0.2, 0.25) is 5.02 Å². The largest absolute Gasteiger partial charge is 0.478 e. The lowest BCUT2D eigenvalue weighted by Crippen LogP contribution is -2.06. The highest BCUT2D eigenvalue weighted by Gasteiger charge is 2.16. The third-order valence-electron chi connectivity index (χ3n) is 3.14. The molecule has 104 valence electrons. The van der Waals surface area contributed by atoms with Gasteiger partial charge in [0.15, 0.2) is 0 Å². The normalized spacial score (nSPS) is 10.5. The molecule has 1 N–H and O–H groups in total. The second-order valence-corrected chi connectivity index (χ2v) is 4.89. The van der Waals surface area contributed by atoms with Crippen molar-refractivity contribution in [3.63, 3.8) is 0 Å². The monoisotopic (exact) mass is 298 g/mol. The molecule has 0 atom stereocenters. The highest BCUT2D eigenvalue weighted by molar-refractivity contribution is 6.34. The summed E-state index contributed by atoms with van der Waals surface area (Å²) in [6.07, 6.45) is 3.48. The zero-order valence-corrected chi connectivity index (χ0v) is 11.7. The van der Waals surface area contributed by atoms with Gasteiger partial charge in [0, 0.05) is 11.8 Å². The Morgan fingerprint density at radius 3 is 2.52 bits per heavy atom. The number of benzene rings is 2. The second-order valence-electron chi connectivity index (χ2n) is 4.48. The van der Waals surface area contributed by atoms with Crippen LogP contribution in [0.25, 0.3) is 16.8 Å². The van der Waals surface area contributed by atoms with Crippen LogP contribution in [0.15, 0.2) is 60.9 Å². The Balaban J connectivity index is 2.09. The number of rotatable bonds is 3. The smallest absolute Gasteiger partial charge is 0.339 e. The molecular formula is C16H11ClN2O2. The molecule has 0 aliphatic rings. The van der Waals surface area contributed by atoms with E-state index in [9.17, 15) is 9.90 Å². The molecule has 3 aromatic rings. The molecule has 0 aliphatic heterocycles. The van der Waals surface area contributed by atoms with Crippen LogP contribution in [0.5, 0.6) is 0 Å². The maximum absolute atomic E-state index is 11.4. The molecule has 1 aromatic heterocycles. The highest BCUT2D eigenvalue weighted by Crippen LogP contribution is 2.25. The lowest BCUT2D eigenvalue weighted by atomic mass is 10.1. The van der Waals surface area contributed by atoms with E-state index in [1.807, 2.05) is 30.3 Å². The van der Waals surface area contributed by atoms with Crippen LogP contribution < -0.4 is 0 Å². The van der Waals surface area contributed by atoms with Gasteiger partial charge < -0.3 is 5.11 Å². The van der Waals surface area contributed by atoms with Crippen LogP contribution in [-0.2, 0) is 0 Å². The molecule has 0 saturated carbocycles. The number of halogens is 1. The molecule has 1 heterocycles. The summed E-state index contributed by atoms with van der Waals surface area (Å²) in [6.45, 7) is 0. The Hall–Kier alpha value is -2.59. The standard InChI is InChI=1S/C16H11ClN2O2/c17-13-7-4-8-14(15(13)16(20)21)19-10-12(9-18-19)11-5-2-1-3-6-11/h1-10H,(H,20,21). The molecule has 2 aromatic carbocycles. The molecule has 5 heteroatoms. The third kappa shape index (κ3) is 2.53. The number of nitrogens with zero attached hydrogens (tertiary/aromatic N) is 2. The molecule has 0 bridgehead atoms. The Labute approximate surface area is 126 Å². The van der Waals surface area contributed by atoms with Crippen LogP contribution >= 0.6 is 11.6 Å². The number of aromatic nitrogens is 2. The summed E-state index contributed by atoms with van der Waals surface area (Å²) in [5, 5.41) is 13.7. The summed E-state index contributed by atoms with van der Waals surface area (Å²) in [7, 11) is 0. The van der Waals surface area contributed by atoms with Crippen molar-refractivity contribution >= 4 is 17.6 Å². The molecule has 0 radical (unpaired) electrons. The van der Waals surface area contributed by atoms with E-state index in [4.69, 9.17) is 11.6 Å². The highest BCUT2D eigenvalue weighted by atomic mass is 35.5. The zero-order valence-electron chi connectivity index (χ0n) is 10.9. The van der Waals surface area contributed by atoms with E-state index in [0.29, 0.717) is 5.69 Å². The summed E-state index contributed by atoms with van der Waals surface area (Å²) in [5.41, 5.74) is 2.41. The van der Waals surface area contributed by atoms with Gasteiger partial charge >= 0.3 is 5.97 Å². The number of carboxylic acid groups (broad SMARTS) is 1. The fourth-order valence-electron chi connectivity index (χ4n) is 2.15. The first-order chi connectivity index (χ1) is 10.2. The van der Waals surface area contributed by atoms with Gasteiger partial charge in [-0.25, -0.2) is 9.48 Å². The summed E-state index contributed by atoms with van der Waals surface area (Å²) < 4.78 is 1.53. The van der Waals surface area contributed by atoms with Gasteiger partial charge in [0.1, 0.15) is 5.56 Å². The van der Waals surface area contributed by atoms with Crippen molar-refractivity contribution in [1.82, 2.24) is 9.78 Å². The van der Waals surface area contributed by atoms with Gasteiger partial charge in [-0.1, -0.05) is 48.0 Å². The molecule has 0 amide bonds. The first-order valence-corrected chi connectivity index (χ1v) is 6.67. The van der Waals surface area contributed by atoms with Gasteiger partial charge in [0.25, 0.3) is 0 Å². The lowest BCUT2D eigenvalue weighted by Gasteiger charge is -2.07. The zero-order chi connectivity index (χ0) is 14.8. The van der Waals surface area contributed by atoms with Gasteiger partial charge in [0.05, 0.1) is 16.9 Å². The van der Waals surface area contributed by atoms with Crippen molar-refractivity contribution in [2.24, 2.45) is 0 Å². The van der Waals surface area contributed by atoms with E-state index < -0.39 is 5.97 Å².